The van der Waals surface area contributed by atoms with Crippen LogP contribution in [0.1, 0.15) is 12.8 Å². The van der Waals surface area contributed by atoms with Crippen molar-refractivity contribution >= 4 is 42.2 Å². The van der Waals surface area contributed by atoms with Gasteiger partial charge < -0.3 is 10.6 Å². The maximum Gasteiger partial charge on any atom is 0.151 e. The van der Waals surface area contributed by atoms with Crippen LogP contribution in [0.5, 0.6) is 0 Å². The van der Waals surface area contributed by atoms with Gasteiger partial charge in [-0.15, -0.1) is 35.0 Å². The van der Waals surface area contributed by atoms with E-state index in [1.165, 1.54) is 25.9 Å². The highest BCUT2D eigenvalue weighted by molar-refractivity contribution is 6.29. The lowest BCUT2D eigenvalue weighted by atomic mass is 10.0. The van der Waals surface area contributed by atoms with E-state index in [4.69, 9.17) is 11.6 Å². The molecule has 1 aromatic heterocycles. The summed E-state index contributed by atoms with van der Waals surface area (Å²) >= 11 is 5.70. The van der Waals surface area contributed by atoms with E-state index < -0.39 is 0 Å². The summed E-state index contributed by atoms with van der Waals surface area (Å²) in [5.74, 6) is 2.53. The van der Waals surface area contributed by atoms with Crippen molar-refractivity contribution in [1.82, 2.24) is 15.5 Å². The largest absolute Gasteiger partial charge is 0.366 e. The number of nitrogens with one attached hydrogen (secondary N) is 2. The Balaban J connectivity index is 0.000000810. The molecule has 7 heteroatoms. The lowest BCUT2D eigenvalue weighted by Crippen LogP contribution is -2.21. The first-order valence-corrected chi connectivity index (χ1v) is 6.15. The van der Waals surface area contributed by atoms with Crippen LogP contribution < -0.4 is 10.6 Å². The van der Waals surface area contributed by atoms with Gasteiger partial charge in [-0.25, -0.2) is 0 Å². The van der Waals surface area contributed by atoms with E-state index in [1.54, 1.807) is 6.07 Å². The Kier molecular flexibility index (Phi) is 5.92. The van der Waals surface area contributed by atoms with Crippen LogP contribution in [-0.4, -0.2) is 29.3 Å². The fraction of sp³-hybridized carbons (Fsp3) is 0.636. The van der Waals surface area contributed by atoms with Gasteiger partial charge in [-0.2, -0.15) is 0 Å². The van der Waals surface area contributed by atoms with Gasteiger partial charge in [0, 0.05) is 6.04 Å². The fourth-order valence-corrected chi connectivity index (χ4v) is 2.99. The second kappa shape index (κ2) is 6.75. The van der Waals surface area contributed by atoms with Gasteiger partial charge in [-0.05, 0) is 49.9 Å². The van der Waals surface area contributed by atoms with Gasteiger partial charge in [-0.1, -0.05) is 11.6 Å². The Labute approximate surface area is 124 Å². The molecule has 2 heterocycles. The third kappa shape index (κ3) is 3.38. The Morgan fingerprint density at radius 3 is 2.33 bits per heavy atom. The summed E-state index contributed by atoms with van der Waals surface area (Å²) in [4.78, 5) is 0. The van der Waals surface area contributed by atoms with Gasteiger partial charge in [-0.3, -0.25) is 0 Å². The maximum absolute atomic E-state index is 5.70. The van der Waals surface area contributed by atoms with E-state index in [1.807, 2.05) is 6.07 Å². The van der Waals surface area contributed by atoms with Crippen molar-refractivity contribution in [3.05, 3.63) is 17.3 Å². The van der Waals surface area contributed by atoms with Crippen molar-refractivity contribution in [3.63, 3.8) is 0 Å². The average Bonchev–Trinajstić information content (AvgIpc) is 2.81. The second-order valence-electron chi connectivity index (χ2n) is 4.73. The lowest BCUT2D eigenvalue weighted by molar-refractivity contribution is 0.494. The van der Waals surface area contributed by atoms with Gasteiger partial charge in [0.15, 0.2) is 5.15 Å². The number of hydrogen-bond donors (Lipinski definition) is 2. The van der Waals surface area contributed by atoms with Gasteiger partial charge >= 0.3 is 0 Å². The first kappa shape index (κ1) is 15.8. The quantitative estimate of drug-likeness (QED) is 0.880. The Bertz CT molecular complexity index is 361. The van der Waals surface area contributed by atoms with Crippen molar-refractivity contribution < 1.29 is 0 Å². The van der Waals surface area contributed by atoms with Gasteiger partial charge in [0.1, 0.15) is 5.82 Å². The molecule has 18 heavy (non-hydrogen) atoms. The van der Waals surface area contributed by atoms with E-state index in [2.05, 4.69) is 20.8 Å². The summed E-state index contributed by atoms with van der Waals surface area (Å²) in [6.45, 7) is 2.35. The zero-order valence-electron chi connectivity index (χ0n) is 9.80. The molecular formula is C11H17Cl3N4. The molecule has 3 rings (SSSR count). The van der Waals surface area contributed by atoms with Crippen molar-refractivity contribution in [2.75, 3.05) is 18.4 Å². The van der Waals surface area contributed by atoms with Gasteiger partial charge in [0.2, 0.25) is 0 Å². The van der Waals surface area contributed by atoms with E-state index in [0.29, 0.717) is 11.2 Å². The molecule has 0 bridgehead atoms. The molecule has 1 aliphatic carbocycles. The van der Waals surface area contributed by atoms with Crippen LogP contribution in [0.2, 0.25) is 5.15 Å². The van der Waals surface area contributed by atoms with E-state index in [-0.39, 0.29) is 24.8 Å². The van der Waals surface area contributed by atoms with E-state index in [0.717, 1.165) is 17.7 Å². The molecule has 2 fully saturated rings. The summed E-state index contributed by atoms with van der Waals surface area (Å²) in [5, 5.41) is 15.2. The summed E-state index contributed by atoms with van der Waals surface area (Å²) < 4.78 is 0. The second-order valence-corrected chi connectivity index (χ2v) is 5.12. The Hall–Kier alpha value is -0.290. The minimum atomic E-state index is 0. The number of rotatable bonds is 2. The van der Waals surface area contributed by atoms with Crippen molar-refractivity contribution in [2.45, 2.75) is 18.9 Å². The molecule has 0 radical (unpaired) electrons. The highest BCUT2D eigenvalue weighted by atomic mass is 35.5. The molecule has 1 saturated carbocycles. The first-order chi connectivity index (χ1) is 7.81. The van der Waals surface area contributed by atoms with Crippen molar-refractivity contribution in [3.8, 4) is 0 Å². The van der Waals surface area contributed by atoms with Gasteiger partial charge in [0.25, 0.3) is 0 Å². The van der Waals surface area contributed by atoms with Crippen LogP contribution in [0, 0.1) is 11.8 Å². The van der Waals surface area contributed by atoms with Crippen molar-refractivity contribution in [1.29, 1.82) is 0 Å². The van der Waals surface area contributed by atoms with Crippen LogP contribution in [0.15, 0.2) is 12.1 Å². The highest BCUT2D eigenvalue weighted by Crippen LogP contribution is 2.35. The molecule has 0 amide bonds. The fourth-order valence-electron chi connectivity index (χ4n) is 2.89. The zero-order valence-corrected chi connectivity index (χ0v) is 12.2. The first-order valence-electron chi connectivity index (χ1n) is 5.78. The maximum atomic E-state index is 5.70. The highest BCUT2D eigenvalue weighted by Gasteiger charge is 2.37. The number of aromatic nitrogens is 2. The average molecular weight is 312 g/mol. The monoisotopic (exact) mass is 310 g/mol. The van der Waals surface area contributed by atoms with E-state index in [9.17, 15) is 0 Å². The van der Waals surface area contributed by atoms with Crippen LogP contribution in [0.4, 0.5) is 5.82 Å². The van der Waals surface area contributed by atoms with Crippen LogP contribution in [0.25, 0.3) is 0 Å². The smallest absolute Gasteiger partial charge is 0.151 e. The Morgan fingerprint density at radius 1 is 1.11 bits per heavy atom. The number of fused-ring (bicyclic) bond motifs is 1. The number of nitrogens with zero attached hydrogens (tertiary/aromatic N) is 2. The zero-order chi connectivity index (χ0) is 11.0. The molecule has 1 saturated heterocycles. The molecule has 4 nitrogen and oxygen atoms in total. The van der Waals surface area contributed by atoms with Gasteiger partial charge in [0.05, 0.1) is 0 Å². The topological polar surface area (TPSA) is 49.8 Å². The molecule has 2 N–H and O–H groups in total. The van der Waals surface area contributed by atoms with Crippen molar-refractivity contribution in [2.24, 2.45) is 11.8 Å². The summed E-state index contributed by atoms with van der Waals surface area (Å²) in [5.41, 5.74) is 0. The summed E-state index contributed by atoms with van der Waals surface area (Å²) in [7, 11) is 0. The summed E-state index contributed by atoms with van der Waals surface area (Å²) in [6, 6.07) is 4.21. The standard InChI is InChI=1S/C11H15ClN4.2ClH/c12-10-1-2-11(16-15-10)14-9-3-7-5-13-6-8(7)4-9;;/h1-2,7-9,13H,3-6H2,(H,14,16);2*1H/t7-,8+,9+;;. The van der Waals surface area contributed by atoms with Crippen LogP contribution in [0.3, 0.4) is 0 Å². The molecule has 2 aliphatic rings. The SMILES string of the molecule is Cl.Cl.Clc1ccc(N[C@@H]2C[C@H]3CNC[C@H]3C2)nn1. The molecule has 102 valence electrons. The third-order valence-electron chi connectivity index (χ3n) is 3.64. The minimum absolute atomic E-state index is 0. The molecule has 3 atom stereocenters. The summed E-state index contributed by atoms with van der Waals surface area (Å²) in [6.07, 6.45) is 2.48. The van der Waals surface area contributed by atoms with E-state index >= 15 is 0 Å². The Morgan fingerprint density at radius 2 is 1.78 bits per heavy atom. The molecule has 0 aromatic carbocycles. The minimum Gasteiger partial charge on any atom is -0.366 e. The van der Waals surface area contributed by atoms with Crippen LogP contribution >= 0.6 is 36.4 Å². The lowest BCUT2D eigenvalue weighted by Gasteiger charge is -2.13. The van der Waals surface area contributed by atoms with Crippen LogP contribution in [-0.2, 0) is 0 Å². The molecule has 1 aromatic rings. The number of halogens is 3. The predicted molar refractivity (Wildman–Crippen MR) is 78.0 cm³/mol. The molecular weight excluding hydrogens is 295 g/mol. The normalized spacial score (nSPS) is 29.1. The third-order valence-corrected chi connectivity index (χ3v) is 3.84. The predicted octanol–water partition coefficient (Wildman–Crippen LogP) is 2.38. The molecule has 1 aliphatic heterocycles. The molecule has 0 spiro atoms. The number of anilines is 1. The molecule has 0 unspecified atom stereocenters. The number of hydrogen-bond acceptors (Lipinski definition) is 4.